The van der Waals surface area contributed by atoms with E-state index >= 15 is 0 Å². The molecule has 0 N–H and O–H groups in total. The number of hydrogen-bond acceptors (Lipinski definition) is 3. The van der Waals surface area contributed by atoms with Gasteiger partial charge in [0.1, 0.15) is 6.34 Å². The molecule has 0 aromatic carbocycles. The van der Waals surface area contributed by atoms with Crippen LogP contribution in [0.4, 0.5) is 0 Å². The Morgan fingerprint density at radius 1 is 1.67 bits per heavy atom. The number of hydrogen-bond donors (Lipinski definition) is 0. The molecule has 0 aromatic rings. The highest BCUT2D eigenvalue weighted by Gasteiger charge is 1.93. The molecule has 0 amide bonds. The fourth-order valence-corrected chi connectivity index (χ4v) is 0.282. The van der Waals surface area contributed by atoms with E-state index in [2.05, 4.69) is 15.2 Å². The van der Waals surface area contributed by atoms with Crippen LogP contribution < -0.4 is 0 Å². The quantitative estimate of drug-likeness (QED) is 0.416. The summed E-state index contributed by atoms with van der Waals surface area (Å²) in [5.41, 5.74) is 0. The maximum Gasteiger partial charge on any atom is 0.159 e. The first-order chi connectivity index (χ1) is 2.89. The van der Waals surface area contributed by atoms with Crippen LogP contribution in [0.3, 0.4) is 0 Å². The molecule has 1 unspecified atom stereocenters. The van der Waals surface area contributed by atoms with E-state index in [1.54, 1.807) is 0 Å². The zero-order chi connectivity index (χ0) is 4.41. The Kier molecular flexibility index (Phi) is 0.670. The average molecular weight is 83.1 g/mol. The fraction of sp³-hybridized carbons (Fsp3) is 0.667. The molecule has 3 nitrogen and oxygen atoms in total. The topological polar surface area (TPSA) is 37.1 Å². The van der Waals surface area contributed by atoms with E-state index in [1.165, 1.54) is 6.34 Å². The van der Waals surface area contributed by atoms with E-state index in [4.69, 9.17) is 0 Å². The predicted molar refractivity (Wildman–Crippen MR) is 22.8 cm³/mol. The van der Waals surface area contributed by atoms with Crippen molar-refractivity contribution < 1.29 is 0 Å². The van der Waals surface area contributed by atoms with Crippen LogP contribution >= 0.6 is 0 Å². The van der Waals surface area contributed by atoms with Gasteiger partial charge in [-0.15, -0.1) is 5.11 Å². The Morgan fingerprint density at radius 2 is 2.50 bits per heavy atom. The summed E-state index contributed by atoms with van der Waals surface area (Å²) in [6.07, 6.45) is 1.54. The van der Waals surface area contributed by atoms with E-state index in [-0.39, 0.29) is 6.17 Å². The third-order valence-electron chi connectivity index (χ3n) is 0.568. The Hall–Kier alpha value is -0.730. The van der Waals surface area contributed by atoms with Gasteiger partial charge in [0.25, 0.3) is 0 Å². The summed E-state index contributed by atoms with van der Waals surface area (Å²) in [5, 5.41) is 7.14. The molecule has 0 saturated carbocycles. The van der Waals surface area contributed by atoms with E-state index in [0.717, 1.165) is 0 Å². The largest absolute Gasteiger partial charge is 0.243 e. The smallest absolute Gasteiger partial charge is 0.159 e. The van der Waals surface area contributed by atoms with Crippen molar-refractivity contribution in [3.05, 3.63) is 0 Å². The second kappa shape index (κ2) is 1.16. The van der Waals surface area contributed by atoms with E-state index < -0.39 is 0 Å². The lowest BCUT2D eigenvalue weighted by molar-refractivity contribution is 0.788. The predicted octanol–water partition coefficient (Wildman–Crippen LogP) is 0.827. The van der Waals surface area contributed by atoms with Gasteiger partial charge in [-0.3, -0.25) is 0 Å². The molecular weight excluding hydrogens is 78.1 g/mol. The van der Waals surface area contributed by atoms with Crippen molar-refractivity contribution in [2.45, 2.75) is 13.1 Å². The Labute approximate surface area is 35.8 Å². The molecule has 0 fully saturated rings. The molecule has 0 spiro atoms. The minimum atomic E-state index is 0.0741. The Morgan fingerprint density at radius 3 is 2.67 bits per heavy atom. The summed E-state index contributed by atoms with van der Waals surface area (Å²) < 4.78 is 0. The molecule has 0 saturated heterocycles. The molecule has 0 radical (unpaired) electrons. The van der Waals surface area contributed by atoms with Crippen LogP contribution in [0.25, 0.3) is 0 Å². The summed E-state index contributed by atoms with van der Waals surface area (Å²) in [6, 6.07) is 0. The lowest BCUT2D eigenvalue weighted by Gasteiger charge is -1.80. The van der Waals surface area contributed by atoms with Gasteiger partial charge in [-0.25, -0.2) is 4.99 Å². The van der Waals surface area contributed by atoms with Gasteiger partial charge in [0, 0.05) is 0 Å². The number of azo groups is 1. The van der Waals surface area contributed by atoms with E-state index in [1.807, 2.05) is 6.92 Å². The van der Waals surface area contributed by atoms with E-state index in [9.17, 15) is 0 Å². The normalized spacial score (nSPS) is 29.2. The van der Waals surface area contributed by atoms with Crippen molar-refractivity contribution in [3.8, 4) is 0 Å². The zero-order valence-electron chi connectivity index (χ0n) is 3.50. The summed E-state index contributed by atoms with van der Waals surface area (Å²) in [6.45, 7) is 1.88. The lowest BCUT2D eigenvalue weighted by atomic mass is 10.6. The molecule has 3 heteroatoms. The van der Waals surface area contributed by atoms with Gasteiger partial charge < -0.3 is 0 Å². The van der Waals surface area contributed by atoms with Crippen molar-refractivity contribution in [3.63, 3.8) is 0 Å². The molecular formula is C3H5N3. The summed E-state index contributed by atoms with van der Waals surface area (Å²) in [7, 11) is 0. The van der Waals surface area contributed by atoms with Gasteiger partial charge in [0.2, 0.25) is 0 Å². The summed E-state index contributed by atoms with van der Waals surface area (Å²) in [5.74, 6) is 0. The van der Waals surface area contributed by atoms with Crippen LogP contribution in [0, 0.1) is 0 Å². The summed E-state index contributed by atoms with van der Waals surface area (Å²) in [4.78, 5) is 3.78. The van der Waals surface area contributed by atoms with Gasteiger partial charge in [0.05, 0.1) is 0 Å². The van der Waals surface area contributed by atoms with Crippen LogP contribution in [-0.2, 0) is 0 Å². The molecule has 1 heterocycles. The van der Waals surface area contributed by atoms with Gasteiger partial charge in [-0.05, 0) is 6.92 Å². The third kappa shape index (κ3) is 0.429. The fourth-order valence-electron chi connectivity index (χ4n) is 0.282. The van der Waals surface area contributed by atoms with Crippen LogP contribution in [0.1, 0.15) is 6.92 Å². The number of aliphatic imine (C=N–C) groups is 1. The highest BCUT2D eigenvalue weighted by molar-refractivity contribution is 5.55. The molecule has 0 bridgehead atoms. The average Bonchev–Trinajstić information content (AvgIpc) is 1.86. The van der Waals surface area contributed by atoms with Crippen LogP contribution in [0.2, 0.25) is 0 Å². The zero-order valence-corrected chi connectivity index (χ0v) is 3.50. The van der Waals surface area contributed by atoms with Crippen molar-refractivity contribution in [1.82, 2.24) is 0 Å². The second-order valence-corrected chi connectivity index (χ2v) is 1.13. The van der Waals surface area contributed by atoms with Crippen molar-refractivity contribution in [2.24, 2.45) is 15.2 Å². The molecule has 1 aliphatic heterocycles. The first-order valence-corrected chi connectivity index (χ1v) is 1.81. The minimum absolute atomic E-state index is 0.0741. The van der Waals surface area contributed by atoms with Crippen LogP contribution in [-0.4, -0.2) is 12.5 Å². The molecule has 0 aliphatic carbocycles. The molecule has 1 aliphatic rings. The third-order valence-corrected chi connectivity index (χ3v) is 0.568. The summed E-state index contributed by atoms with van der Waals surface area (Å²) >= 11 is 0. The molecule has 0 aromatic heterocycles. The lowest BCUT2D eigenvalue weighted by Crippen LogP contribution is -1.82. The van der Waals surface area contributed by atoms with Crippen LogP contribution in [0.5, 0.6) is 0 Å². The molecule has 32 valence electrons. The monoisotopic (exact) mass is 83.0 g/mol. The van der Waals surface area contributed by atoms with Gasteiger partial charge >= 0.3 is 0 Å². The van der Waals surface area contributed by atoms with Gasteiger partial charge in [0.15, 0.2) is 6.17 Å². The van der Waals surface area contributed by atoms with Crippen molar-refractivity contribution in [1.29, 1.82) is 0 Å². The minimum Gasteiger partial charge on any atom is -0.243 e. The van der Waals surface area contributed by atoms with Gasteiger partial charge in [-0.2, -0.15) is 5.11 Å². The Bertz CT molecular complexity index is 82.2. The molecule has 1 atom stereocenters. The SMILES string of the molecule is CC1N=CN=N1. The molecule has 6 heavy (non-hydrogen) atoms. The maximum atomic E-state index is 3.78. The second-order valence-electron chi connectivity index (χ2n) is 1.13. The highest BCUT2D eigenvalue weighted by atomic mass is 15.3. The Balaban J connectivity index is 2.60. The first kappa shape index (κ1) is 3.46. The van der Waals surface area contributed by atoms with E-state index in [0.29, 0.717) is 0 Å². The standard InChI is InChI=1S/C3H5N3/c1-3-4-2-5-6-3/h2-3H,1H3. The number of nitrogens with zero attached hydrogens (tertiary/aromatic N) is 3. The molecule has 1 rings (SSSR count). The highest BCUT2D eigenvalue weighted by Crippen LogP contribution is 1.95. The van der Waals surface area contributed by atoms with Crippen molar-refractivity contribution in [2.75, 3.05) is 0 Å². The van der Waals surface area contributed by atoms with Crippen LogP contribution in [0.15, 0.2) is 15.2 Å². The number of rotatable bonds is 0. The maximum absolute atomic E-state index is 3.78. The van der Waals surface area contributed by atoms with Gasteiger partial charge in [-0.1, -0.05) is 0 Å². The van der Waals surface area contributed by atoms with Crippen molar-refractivity contribution >= 4 is 6.34 Å². The first-order valence-electron chi connectivity index (χ1n) is 1.81.